The summed E-state index contributed by atoms with van der Waals surface area (Å²) in [6.07, 6.45) is 6.70. The SMILES string of the molecule is CCCCCOP(=O)(Cc1ccccc1)OCCCCC. The van der Waals surface area contributed by atoms with E-state index in [-0.39, 0.29) is 0 Å². The summed E-state index contributed by atoms with van der Waals surface area (Å²) < 4.78 is 24.2. The average molecular weight is 312 g/mol. The van der Waals surface area contributed by atoms with Gasteiger partial charge in [0.05, 0.1) is 19.4 Å². The minimum absolute atomic E-state index is 0.367. The van der Waals surface area contributed by atoms with Crippen LogP contribution in [-0.2, 0) is 19.8 Å². The fourth-order valence-corrected chi connectivity index (χ4v) is 3.78. The molecule has 0 spiro atoms. The van der Waals surface area contributed by atoms with Crippen LogP contribution in [0.1, 0.15) is 57.9 Å². The highest BCUT2D eigenvalue weighted by atomic mass is 31.2. The highest BCUT2D eigenvalue weighted by molar-refractivity contribution is 7.53. The summed E-state index contributed by atoms with van der Waals surface area (Å²) in [5, 5.41) is 0. The maximum absolute atomic E-state index is 12.9. The Balaban J connectivity index is 2.53. The van der Waals surface area contributed by atoms with E-state index in [4.69, 9.17) is 9.05 Å². The van der Waals surface area contributed by atoms with Gasteiger partial charge in [-0.15, -0.1) is 0 Å². The third-order valence-corrected chi connectivity index (χ3v) is 5.20. The first-order chi connectivity index (χ1) is 10.2. The Bertz CT molecular complexity index is 390. The molecule has 0 fully saturated rings. The maximum atomic E-state index is 12.9. The van der Waals surface area contributed by atoms with E-state index in [0.717, 1.165) is 44.1 Å². The van der Waals surface area contributed by atoms with Gasteiger partial charge in [-0.05, 0) is 18.4 Å². The zero-order valence-electron chi connectivity index (χ0n) is 13.4. The van der Waals surface area contributed by atoms with Crippen LogP contribution in [0.4, 0.5) is 0 Å². The Labute approximate surface area is 129 Å². The Hall–Kier alpha value is -0.630. The van der Waals surface area contributed by atoms with Crippen molar-refractivity contribution >= 4 is 7.60 Å². The topological polar surface area (TPSA) is 35.5 Å². The molecule has 0 atom stereocenters. The van der Waals surface area contributed by atoms with Crippen LogP contribution in [0.3, 0.4) is 0 Å². The van der Waals surface area contributed by atoms with E-state index in [9.17, 15) is 4.57 Å². The number of rotatable bonds is 12. The molecule has 0 heterocycles. The maximum Gasteiger partial charge on any atom is 0.335 e. The van der Waals surface area contributed by atoms with Crippen LogP contribution in [0.2, 0.25) is 0 Å². The standard InChI is InChI=1S/C17H29O3P/c1-3-5-10-14-19-21(18,20-15-11-6-4-2)16-17-12-8-7-9-13-17/h7-9,12-13H,3-6,10-11,14-16H2,1-2H3. The van der Waals surface area contributed by atoms with Gasteiger partial charge < -0.3 is 9.05 Å². The molecular formula is C17H29O3P. The van der Waals surface area contributed by atoms with Crippen LogP contribution in [-0.4, -0.2) is 13.2 Å². The molecule has 120 valence electrons. The van der Waals surface area contributed by atoms with Gasteiger partial charge in [0.2, 0.25) is 0 Å². The van der Waals surface area contributed by atoms with Crippen molar-refractivity contribution in [1.29, 1.82) is 0 Å². The summed E-state index contributed by atoms with van der Waals surface area (Å²) >= 11 is 0. The minimum Gasteiger partial charge on any atom is -0.308 e. The molecule has 1 aromatic rings. The first-order valence-corrected chi connectivity index (χ1v) is 9.85. The zero-order chi connectivity index (χ0) is 15.4. The van der Waals surface area contributed by atoms with Crippen molar-refractivity contribution in [1.82, 2.24) is 0 Å². The van der Waals surface area contributed by atoms with E-state index in [0.29, 0.717) is 19.4 Å². The number of hydrogen-bond donors (Lipinski definition) is 0. The van der Waals surface area contributed by atoms with Crippen molar-refractivity contribution in [3.63, 3.8) is 0 Å². The van der Waals surface area contributed by atoms with Crippen molar-refractivity contribution in [2.24, 2.45) is 0 Å². The van der Waals surface area contributed by atoms with Gasteiger partial charge in [0, 0.05) is 0 Å². The molecule has 0 saturated heterocycles. The molecule has 0 saturated carbocycles. The van der Waals surface area contributed by atoms with Crippen LogP contribution in [0.25, 0.3) is 0 Å². The molecule has 0 N–H and O–H groups in total. The molecule has 0 radical (unpaired) electrons. The third kappa shape index (κ3) is 8.40. The van der Waals surface area contributed by atoms with E-state index < -0.39 is 7.60 Å². The molecule has 4 heteroatoms. The molecule has 0 aromatic heterocycles. The second kappa shape index (κ2) is 11.0. The van der Waals surface area contributed by atoms with E-state index in [1.165, 1.54) is 0 Å². The molecule has 1 rings (SSSR count). The summed E-state index contributed by atoms with van der Waals surface area (Å²) in [7, 11) is -3.02. The lowest BCUT2D eigenvalue weighted by Gasteiger charge is -2.19. The van der Waals surface area contributed by atoms with Gasteiger partial charge in [-0.2, -0.15) is 0 Å². The normalized spacial score (nSPS) is 11.7. The quantitative estimate of drug-likeness (QED) is 0.362. The number of benzene rings is 1. The molecule has 21 heavy (non-hydrogen) atoms. The predicted octanol–water partition coefficient (Wildman–Crippen LogP) is 5.79. The van der Waals surface area contributed by atoms with Gasteiger partial charge in [-0.1, -0.05) is 69.9 Å². The summed E-state index contributed by atoms with van der Waals surface area (Å²) in [6, 6.07) is 9.80. The monoisotopic (exact) mass is 312 g/mol. The Morgan fingerprint density at radius 1 is 0.857 bits per heavy atom. The Morgan fingerprint density at radius 2 is 1.38 bits per heavy atom. The third-order valence-electron chi connectivity index (χ3n) is 3.29. The minimum atomic E-state index is -3.02. The molecule has 0 bridgehead atoms. The second-order valence-electron chi connectivity index (χ2n) is 5.34. The lowest BCUT2D eigenvalue weighted by atomic mass is 10.2. The molecule has 0 unspecified atom stereocenters. The Kier molecular flexibility index (Phi) is 9.65. The zero-order valence-corrected chi connectivity index (χ0v) is 14.3. The molecular weight excluding hydrogens is 283 g/mol. The van der Waals surface area contributed by atoms with E-state index in [2.05, 4.69) is 13.8 Å². The molecule has 0 aliphatic heterocycles. The lowest BCUT2D eigenvalue weighted by Crippen LogP contribution is -2.02. The van der Waals surface area contributed by atoms with Gasteiger partial charge >= 0.3 is 7.60 Å². The van der Waals surface area contributed by atoms with Crippen molar-refractivity contribution < 1.29 is 13.6 Å². The highest BCUT2D eigenvalue weighted by Crippen LogP contribution is 2.51. The summed E-state index contributed by atoms with van der Waals surface area (Å²) in [5.41, 5.74) is 1.01. The lowest BCUT2D eigenvalue weighted by molar-refractivity contribution is 0.197. The summed E-state index contributed by atoms with van der Waals surface area (Å²) in [4.78, 5) is 0. The van der Waals surface area contributed by atoms with Gasteiger partial charge in [-0.3, -0.25) is 4.57 Å². The smallest absolute Gasteiger partial charge is 0.308 e. The summed E-state index contributed by atoms with van der Waals surface area (Å²) in [6.45, 7) is 5.33. The number of hydrogen-bond acceptors (Lipinski definition) is 3. The van der Waals surface area contributed by atoms with Crippen LogP contribution in [0.15, 0.2) is 30.3 Å². The van der Waals surface area contributed by atoms with Gasteiger partial charge in [0.1, 0.15) is 0 Å². The highest BCUT2D eigenvalue weighted by Gasteiger charge is 2.24. The van der Waals surface area contributed by atoms with Crippen LogP contribution >= 0.6 is 7.60 Å². The molecule has 3 nitrogen and oxygen atoms in total. The average Bonchev–Trinajstić information content (AvgIpc) is 2.49. The fourth-order valence-electron chi connectivity index (χ4n) is 2.05. The van der Waals surface area contributed by atoms with E-state index in [1.807, 2.05) is 30.3 Å². The first-order valence-electron chi connectivity index (χ1n) is 8.12. The van der Waals surface area contributed by atoms with Crippen LogP contribution < -0.4 is 0 Å². The van der Waals surface area contributed by atoms with Gasteiger partial charge in [0.25, 0.3) is 0 Å². The van der Waals surface area contributed by atoms with Crippen molar-refractivity contribution in [3.8, 4) is 0 Å². The fraction of sp³-hybridized carbons (Fsp3) is 0.647. The Morgan fingerprint density at radius 3 is 1.86 bits per heavy atom. The summed E-state index contributed by atoms with van der Waals surface area (Å²) in [5.74, 6) is 0. The second-order valence-corrected chi connectivity index (χ2v) is 7.39. The van der Waals surface area contributed by atoms with Gasteiger partial charge in [0.15, 0.2) is 0 Å². The van der Waals surface area contributed by atoms with Crippen molar-refractivity contribution in [3.05, 3.63) is 35.9 Å². The van der Waals surface area contributed by atoms with Crippen LogP contribution in [0, 0.1) is 0 Å². The first kappa shape index (κ1) is 18.4. The molecule has 0 aliphatic carbocycles. The predicted molar refractivity (Wildman–Crippen MR) is 88.7 cm³/mol. The molecule has 0 amide bonds. The van der Waals surface area contributed by atoms with Crippen LogP contribution in [0.5, 0.6) is 0 Å². The van der Waals surface area contributed by atoms with E-state index >= 15 is 0 Å². The number of unbranched alkanes of at least 4 members (excludes halogenated alkanes) is 4. The molecule has 0 aliphatic rings. The molecule has 1 aromatic carbocycles. The largest absolute Gasteiger partial charge is 0.335 e. The van der Waals surface area contributed by atoms with Crippen molar-refractivity contribution in [2.45, 2.75) is 58.5 Å². The van der Waals surface area contributed by atoms with E-state index in [1.54, 1.807) is 0 Å². The van der Waals surface area contributed by atoms with Gasteiger partial charge in [-0.25, -0.2) is 0 Å². The van der Waals surface area contributed by atoms with Crippen molar-refractivity contribution in [2.75, 3.05) is 13.2 Å².